The number of rotatable bonds is 6. The summed E-state index contributed by atoms with van der Waals surface area (Å²) in [6.07, 6.45) is 6.74. The van der Waals surface area contributed by atoms with E-state index in [1.54, 1.807) is 13.2 Å². The van der Waals surface area contributed by atoms with Crippen LogP contribution >= 0.6 is 11.6 Å². The van der Waals surface area contributed by atoms with Crippen LogP contribution in [0.2, 0.25) is 5.02 Å². The van der Waals surface area contributed by atoms with Gasteiger partial charge >= 0.3 is 0 Å². The van der Waals surface area contributed by atoms with Crippen molar-refractivity contribution < 1.29 is 14.3 Å². The Labute approximate surface area is 188 Å². The highest BCUT2D eigenvalue weighted by Crippen LogP contribution is 2.34. The lowest BCUT2D eigenvalue weighted by molar-refractivity contribution is 0.00592. The molecule has 8 heteroatoms. The first kappa shape index (κ1) is 22.1. The second kappa shape index (κ2) is 10.0. The summed E-state index contributed by atoms with van der Waals surface area (Å²) in [5.41, 5.74) is 5.06. The van der Waals surface area contributed by atoms with E-state index in [1.165, 1.54) is 6.42 Å². The molecule has 2 saturated heterocycles. The quantitative estimate of drug-likeness (QED) is 0.719. The van der Waals surface area contributed by atoms with E-state index in [-0.39, 0.29) is 12.0 Å². The molecule has 1 atom stereocenters. The minimum Gasteiger partial charge on any atom is -0.496 e. The summed E-state index contributed by atoms with van der Waals surface area (Å²) in [6, 6.07) is 5.46. The molecule has 31 heavy (non-hydrogen) atoms. The van der Waals surface area contributed by atoms with Crippen LogP contribution in [-0.2, 0) is 11.3 Å². The molecule has 7 nitrogen and oxygen atoms in total. The van der Waals surface area contributed by atoms with Gasteiger partial charge in [0.25, 0.3) is 5.91 Å². The van der Waals surface area contributed by atoms with Crippen molar-refractivity contribution in [2.75, 3.05) is 26.8 Å². The molecule has 1 unspecified atom stereocenters. The highest BCUT2D eigenvalue weighted by molar-refractivity contribution is 6.30. The van der Waals surface area contributed by atoms with E-state index in [0.29, 0.717) is 28.8 Å². The number of hydrogen-bond donors (Lipinski definition) is 1. The van der Waals surface area contributed by atoms with Gasteiger partial charge < -0.3 is 14.0 Å². The molecule has 0 spiro atoms. The topological polar surface area (TPSA) is 68.6 Å². The number of nitrogens with zero attached hydrogens (tertiary/aromatic N) is 3. The predicted molar refractivity (Wildman–Crippen MR) is 120 cm³/mol. The zero-order chi connectivity index (χ0) is 21.8. The second-order valence-corrected chi connectivity index (χ2v) is 8.74. The molecule has 2 fully saturated rings. The summed E-state index contributed by atoms with van der Waals surface area (Å²) < 4.78 is 13.6. The largest absolute Gasteiger partial charge is 0.496 e. The molecule has 2 aromatic rings. The van der Waals surface area contributed by atoms with Gasteiger partial charge in [0, 0.05) is 30.4 Å². The number of carbonyl (C=O) groups is 1. The second-order valence-electron chi connectivity index (χ2n) is 8.30. The number of ether oxygens (including phenoxy) is 2. The van der Waals surface area contributed by atoms with Crippen LogP contribution in [0.5, 0.6) is 5.75 Å². The number of imidazole rings is 1. The Kier molecular flexibility index (Phi) is 7.15. The van der Waals surface area contributed by atoms with Crippen LogP contribution < -0.4 is 10.2 Å². The number of amides is 1. The number of halogens is 1. The number of methoxy groups -OCH3 is 1. The van der Waals surface area contributed by atoms with Crippen molar-refractivity contribution in [2.45, 2.75) is 58.1 Å². The first-order chi connectivity index (χ1) is 15.1. The third-order valence-electron chi connectivity index (χ3n) is 6.11. The molecular formula is C23H31ClN4O3. The highest BCUT2D eigenvalue weighted by Gasteiger charge is 2.26. The Morgan fingerprint density at radius 3 is 2.77 bits per heavy atom. The number of nitrogens with one attached hydrogen (secondary N) is 1. The third kappa shape index (κ3) is 5.05. The average molecular weight is 447 g/mol. The molecule has 1 amide bonds. The van der Waals surface area contributed by atoms with Gasteiger partial charge in [-0.25, -0.2) is 9.99 Å². The molecule has 2 aliphatic rings. The molecule has 0 aliphatic carbocycles. The Bertz CT molecular complexity index is 918. The Morgan fingerprint density at radius 2 is 2.06 bits per heavy atom. The van der Waals surface area contributed by atoms with Crippen LogP contribution in [0.3, 0.4) is 0 Å². The summed E-state index contributed by atoms with van der Waals surface area (Å²) in [6.45, 7) is 5.10. The lowest BCUT2D eigenvalue weighted by atomic mass is 10.1. The van der Waals surface area contributed by atoms with Crippen molar-refractivity contribution in [2.24, 2.45) is 0 Å². The smallest absolute Gasteiger partial charge is 0.286 e. The molecule has 168 valence electrons. The van der Waals surface area contributed by atoms with E-state index < -0.39 is 0 Å². The van der Waals surface area contributed by atoms with Crippen molar-refractivity contribution in [1.82, 2.24) is 20.0 Å². The molecular weight excluding hydrogens is 416 g/mol. The third-order valence-corrected chi connectivity index (χ3v) is 6.35. The maximum Gasteiger partial charge on any atom is 0.286 e. The summed E-state index contributed by atoms with van der Waals surface area (Å²) in [5.74, 6) is 1.17. The van der Waals surface area contributed by atoms with Crippen molar-refractivity contribution in [1.29, 1.82) is 0 Å². The zero-order valence-electron chi connectivity index (χ0n) is 18.3. The van der Waals surface area contributed by atoms with Crippen LogP contribution in [0.1, 0.15) is 54.7 Å². The van der Waals surface area contributed by atoms with Crippen molar-refractivity contribution in [3.63, 3.8) is 0 Å². The predicted octanol–water partition coefficient (Wildman–Crippen LogP) is 4.22. The lowest BCUT2D eigenvalue weighted by Crippen LogP contribution is -2.45. The number of piperidine rings is 1. The fourth-order valence-electron chi connectivity index (χ4n) is 4.39. The van der Waals surface area contributed by atoms with Gasteiger partial charge in [-0.15, -0.1) is 0 Å². The van der Waals surface area contributed by atoms with Crippen LogP contribution in [-0.4, -0.2) is 53.4 Å². The summed E-state index contributed by atoms with van der Waals surface area (Å²) in [7, 11) is 1.63. The van der Waals surface area contributed by atoms with Crippen LogP contribution in [0.4, 0.5) is 0 Å². The average Bonchev–Trinajstić information content (AvgIpc) is 3.11. The maximum atomic E-state index is 13.1. The molecule has 0 saturated carbocycles. The molecule has 0 bridgehead atoms. The molecule has 0 radical (unpaired) electrons. The highest BCUT2D eigenvalue weighted by atomic mass is 35.5. The van der Waals surface area contributed by atoms with E-state index in [0.717, 1.165) is 63.1 Å². The van der Waals surface area contributed by atoms with Crippen molar-refractivity contribution >= 4 is 17.5 Å². The number of benzene rings is 1. The lowest BCUT2D eigenvalue weighted by Gasteiger charge is -2.26. The van der Waals surface area contributed by atoms with E-state index in [4.69, 9.17) is 26.1 Å². The monoisotopic (exact) mass is 446 g/mol. The molecule has 1 aromatic carbocycles. The van der Waals surface area contributed by atoms with Gasteiger partial charge in [0.15, 0.2) is 5.69 Å². The van der Waals surface area contributed by atoms with E-state index in [1.807, 2.05) is 24.1 Å². The van der Waals surface area contributed by atoms with Crippen LogP contribution in [0.25, 0.3) is 11.4 Å². The number of carbonyl (C=O) groups excluding carboxylic acids is 1. The van der Waals surface area contributed by atoms with Gasteiger partial charge in [-0.1, -0.05) is 18.0 Å². The van der Waals surface area contributed by atoms with Gasteiger partial charge in [0.1, 0.15) is 11.6 Å². The number of aromatic nitrogens is 2. The van der Waals surface area contributed by atoms with Gasteiger partial charge in [0.05, 0.1) is 25.3 Å². The van der Waals surface area contributed by atoms with Gasteiger partial charge in [-0.3, -0.25) is 10.2 Å². The molecule has 1 N–H and O–H groups in total. The van der Waals surface area contributed by atoms with Crippen molar-refractivity contribution in [3.05, 3.63) is 34.6 Å². The van der Waals surface area contributed by atoms with E-state index >= 15 is 0 Å². The zero-order valence-corrected chi connectivity index (χ0v) is 19.1. The molecule has 4 rings (SSSR count). The Hall–Kier alpha value is -2.09. The van der Waals surface area contributed by atoms with Gasteiger partial charge in [-0.05, 0) is 57.2 Å². The maximum absolute atomic E-state index is 13.1. The van der Waals surface area contributed by atoms with Gasteiger partial charge in [-0.2, -0.15) is 0 Å². The number of hydrazine groups is 1. The van der Waals surface area contributed by atoms with Crippen LogP contribution in [0.15, 0.2) is 18.2 Å². The first-order valence-electron chi connectivity index (χ1n) is 11.2. The van der Waals surface area contributed by atoms with E-state index in [9.17, 15) is 4.79 Å². The van der Waals surface area contributed by atoms with E-state index in [2.05, 4.69) is 9.99 Å². The minimum atomic E-state index is -0.176. The number of hydrogen-bond acceptors (Lipinski definition) is 5. The normalized spacial score (nSPS) is 19.9. The fourth-order valence-corrected chi connectivity index (χ4v) is 4.56. The van der Waals surface area contributed by atoms with Crippen molar-refractivity contribution in [3.8, 4) is 17.1 Å². The SMILES string of the molecule is COc1ccc(Cl)cc1-c1nc(C(=O)NN2CCCCC2)c(C)n1CC1CCCCO1. The first-order valence-corrected chi connectivity index (χ1v) is 11.5. The standard InChI is InChI=1S/C23H31ClN4O3/c1-16-21(23(29)26-27-11-5-3-6-12-27)25-22(19-14-17(24)9-10-20(19)30-2)28(16)15-18-8-4-7-13-31-18/h9-10,14,18H,3-8,11-13,15H2,1-2H3,(H,26,29). The molecule has 1 aromatic heterocycles. The van der Waals surface area contributed by atoms with Crippen LogP contribution in [0, 0.1) is 6.92 Å². The summed E-state index contributed by atoms with van der Waals surface area (Å²) in [4.78, 5) is 17.9. The molecule has 3 heterocycles. The Balaban J connectivity index is 1.70. The fraction of sp³-hybridized carbons (Fsp3) is 0.565. The Morgan fingerprint density at radius 1 is 1.26 bits per heavy atom. The van der Waals surface area contributed by atoms with Gasteiger partial charge in [0.2, 0.25) is 0 Å². The summed E-state index contributed by atoms with van der Waals surface area (Å²) in [5, 5.41) is 2.59. The minimum absolute atomic E-state index is 0.101. The molecule has 2 aliphatic heterocycles. The summed E-state index contributed by atoms with van der Waals surface area (Å²) >= 11 is 6.30.